The molecular weight excluding hydrogens is 210 g/mol. The molecule has 1 fully saturated rings. The Morgan fingerprint density at radius 3 is 2.80 bits per heavy atom. The number of aliphatic hydroxyl groups excluding tert-OH is 1. The number of thioether (sulfide) groups is 1. The average Bonchev–Trinajstić information content (AvgIpc) is 2.26. The molecule has 90 valence electrons. The third-order valence-electron chi connectivity index (χ3n) is 2.68. The van der Waals surface area contributed by atoms with Crippen LogP contribution < -0.4 is 4.90 Å². The van der Waals surface area contributed by atoms with E-state index in [2.05, 4.69) is 6.92 Å². The Morgan fingerprint density at radius 2 is 2.13 bits per heavy atom. The first-order valence-electron chi connectivity index (χ1n) is 6.00. The molecule has 0 aromatic rings. The summed E-state index contributed by atoms with van der Waals surface area (Å²) in [4.78, 5) is 1.49. The molecule has 0 aliphatic carbocycles. The van der Waals surface area contributed by atoms with Gasteiger partial charge in [0.1, 0.15) is 25.7 Å². The van der Waals surface area contributed by atoms with Crippen molar-refractivity contribution in [3.05, 3.63) is 0 Å². The second-order valence-corrected chi connectivity index (χ2v) is 5.30. The number of rotatable bonds is 7. The molecule has 4 heteroatoms. The lowest BCUT2D eigenvalue weighted by molar-refractivity contribution is -0.910. The Kier molecular flexibility index (Phi) is 7.44. The third-order valence-corrected chi connectivity index (χ3v) is 3.87. The molecule has 1 atom stereocenters. The summed E-state index contributed by atoms with van der Waals surface area (Å²) in [7, 11) is 0. The average molecular weight is 234 g/mol. The number of quaternary nitrogens is 1. The summed E-state index contributed by atoms with van der Waals surface area (Å²) in [5.74, 6) is 2.08. The molecule has 0 bridgehead atoms. The molecule has 1 aliphatic heterocycles. The first-order valence-corrected chi connectivity index (χ1v) is 7.15. The molecule has 1 heterocycles. The predicted molar refractivity (Wildman–Crippen MR) is 64.6 cm³/mol. The van der Waals surface area contributed by atoms with Gasteiger partial charge in [-0.1, -0.05) is 13.3 Å². The Hall–Kier alpha value is 0.230. The smallest absolute Gasteiger partial charge is 0.112 e. The molecule has 0 radical (unpaired) electrons. The van der Waals surface area contributed by atoms with Gasteiger partial charge in [0, 0.05) is 5.75 Å². The van der Waals surface area contributed by atoms with Gasteiger partial charge in [0.2, 0.25) is 0 Å². The maximum atomic E-state index is 9.82. The monoisotopic (exact) mass is 234 g/mol. The number of hydrogen-bond donors (Lipinski definition) is 2. The largest absolute Gasteiger partial charge is 0.386 e. The van der Waals surface area contributed by atoms with Crippen molar-refractivity contribution in [3.63, 3.8) is 0 Å². The van der Waals surface area contributed by atoms with E-state index in [1.165, 1.54) is 23.5 Å². The van der Waals surface area contributed by atoms with E-state index in [0.717, 1.165) is 38.6 Å². The highest BCUT2D eigenvalue weighted by atomic mass is 32.2. The second-order valence-electron chi connectivity index (χ2n) is 4.15. The van der Waals surface area contributed by atoms with Crippen LogP contribution in [0.2, 0.25) is 0 Å². The zero-order valence-electron chi connectivity index (χ0n) is 9.71. The molecule has 1 rings (SSSR count). The van der Waals surface area contributed by atoms with E-state index in [0.29, 0.717) is 0 Å². The van der Waals surface area contributed by atoms with Crippen molar-refractivity contribution in [2.45, 2.75) is 25.9 Å². The fraction of sp³-hybridized carbons (Fsp3) is 1.00. The van der Waals surface area contributed by atoms with Crippen LogP contribution in [-0.2, 0) is 4.74 Å². The summed E-state index contributed by atoms with van der Waals surface area (Å²) in [6.45, 7) is 6.90. The molecule has 0 amide bonds. The SMILES string of the molecule is CCCCSC[C@@H](O)C[NH+]1CCOCC1. The highest BCUT2D eigenvalue weighted by Crippen LogP contribution is 2.05. The van der Waals surface area contributed by atoms with E-state index in [-0.39, 0.29) is 6.10 Å². The van der Waals surface area contributed by atoms with Crippen molar-refractivity contribution >= 4 is 11.8 Å². The van der Waals surface area contributed by atoms with E-state index in [9.17, 15) is 5.11 Å². The van der Waals surface area contributed by atoms with Crippen LogP contribution in [0.15, 0.2) is 0 Å². The maximum absolute atomic E-state index is 9.82. The summed E-state index contributed by atoms with van der Waals surface area (Å²) in [6.07, 6.45) is 2.37. The van der Waals surface area contributed by atoms with Gasteiger partial charge in [-0.15, -0.1) is 0 Å². The molecule has 1 saturated heterocycles. The van der Waals surface area contributed by atoms with Gasteiger partial charge in [-0.25, -0.2) is 0 Å². The van der Waals surface area contributed by atoms with E-state index < -0.39 is 0 Å². The van der Waals surface area contributed by atoms with Crippen molar-refractivity contribution in [1.29, 1.82) is 0 Å². The van der Waals surface area contributed by atoms with E-state index in [1.807, 2.05) is 11.8 Å². The number of morpholine rings is 1. The normalized spacial score (nSPS) is 20.4. The van der Waals surface area contributed by atoms with E-state index >= 15 is 0 Å². The first kappa shape index (κ1) is 13.3. The summed E-state index contributed by atoms with van der Waals surface area (Å²) >= 11 is 1.88. The van der Waals surface area contributed by atoms with Crippen molar-refractivity contribution in [3.8, 4) is 0 Å². The number of aliphatic hydroxyl groups is 1. The van der Waals surface area contributed by atoms with Gasteiger partial charge < -0.3 is 14.7 Å². The fourth-order valence-electron chi connectivity index (χ4n) is 1.72. The molecule has 2 N–H and O–H groups in total. The van der Waals surface area contributed by atoms with Gasteiger partial charge in [0.25, 0.3) is 0 Å². The van der Waals surface area contributed by atoms with Gasteiger partial charge in [-0.3, -0.25) is 0 Å². The van der Waals surface area contributed by atoms with Gasteiger partial charge in [-0.05, 0) is 12.2 Å². The first-order chi connectivity index (χ1) is 7.33. The Bertz CT molecular complexity index is 152. The number of nitrogens with one attached hydrogen (secondary N) is 1. The maximum Gasteiger partial charge on any atom is 0.112 e. The zero-order valence-corrected chi connectivity index (χ0v) is 10.5. The summed E-state index contributed by atoms with van der Waals surface area (Å²) in [5, 5.41) is 9.82. The molecule has 0 unspecified atom stereocenters. The number of hydrogen-bond acceptors (Lipinski definition) is 3. The second kappa shape index (κ2) is 8.39. The molecular formula is C11H24NO2S+. The van der Waals surface area contributed by atoms with E-state index in [4.69, 9.17) is 4.74 Å². The van der Waals surface area contributed by atoms with Crippen molar-refractivity contribution in [2.75, 3.05) is 44.4 Å². The van der Waals surface area contributed by atoms with Gasteiger partial charge in [0.05, 0.1) is 13.2 Å². The van der Waals surface area contributed by atoms with Crippen LogP contribution in [0.25, 0.3) is 0 Å². The van der Waals surface area contributed by atoms with Crippen LogP contribution in [0.4, 0.5) is 0 Å². The molecule has 0 spiro atoms. The van der Waals surface area contributed by atoms with Crippen molar-refractivity contribution < 1.29 is 14.7 Å². The van der Waals surface area contributed by atoms with Crippen LogP contribution in [-0.4, -0.2) is 55.6 Å². The summed E-state index contributed by atoms with van der Waals surface area (Å²) in [6, 6.07) is 0. The Morgan fingerprint density at radius 1 is 1.40 bits per heavy atom. The minimum Gasteiger partial charge on any atom is -0.386 e. The minimum absolute atomic E-state index is 0.139. The van der Waals surface area contributed by atoms with Gasteiger partial charge in [-0.2, -0.15) is 11.8 Å². The van der Waals surface area contributed by atoms with Gasteiger partial charge in [0.15, 0.2) is 0 Å². The molecule has 1 aliphatic rings. The molecule has 15 heavy (non-hydrogen) atoms. The summed E-state index contributed by atoms with van der Waals surface area (Å²) in [5.41, 5.74) is 0. The lowest BCUT2D eigenvalue weighted by Crippen LogP contribution is -3.15. The van der Waals surface area contributed by atoms with Crippen LogP contribution in [0, 0.1) is 0 Å². The lowest BCUT2D eigenvalue weighted by atomic mass is 10.3. The Balaban J connectivity index is 1.98. The fourth-order valence-corrected chi connectivity index (χ4v) is 2.77. The van der Waals surface area contributed by atoms with Crippen LogP contribution >= 0.6 is 11.8 Å². The summed E-state index contributed by atoms with van der Waals surface area (Å²) < 4.78 is 5.29. The lowest BCUT2D eigenvalue weighted by Gasteiger charge is -2.25. The highest BCUT2D eigenvalue weighted by Gasteiger charge is 2.17. The van der Waals surface area contributed by atoms with Crippen LogP contribution in [0.5, 0.6) is 0 Å². The van der Waals surface area contributed by atoms with Crippen molar-refractivity contribution in [1.82, 2.24) is 0 Å². The Labute approximate surface area is 97.2 Å². The van der Waals surface area contributed by atoms with Gasteiger partial charge >= 0.3 is 0 Å². The topological polar surface area (TPSA) is 33.9 Å². The minimum atomic E-state index is -0.139. The highest BCUT2D eigenvalue weighted by molar-refractivity contribution is 7.99. The zero-order chi connectivity index (χ0) is 10.9. The quantitative estimate of drug-likeness (QED) is 0.599. The third kappa shape index (κ3) is 6.40. The van der Waals surface area contributed by atoms with Crippen molar-refractivity contribution in [2.24, 2.45) is 0 Å². The molecule has 0 aromatic carbocycles. The predicted octanol–water partition coefficient (Wildman–Crippen LogP) is -0.204. The van der Waals surface area contributed by atoms with Crippen LogP contribution in [0.3, 0.4) is 0 Å². The molecule has 0 aromatic heterocycles. The van der Waals surface area contributed by atoms with Crippen LogP contribution in [0.1, 0.15) is 19.8 Å². The number of ether oxygens (including phenoxy) is 1. The van der Waals surface area contributed by atoms with E-state index in [1.54, 1.807) is 0 Å². The number of unbranched alkanes of at least 4 members (excludes halogenated alkanes) is 1. The molecule has 3 nitrogen and oxygen atoms in total. The standard InChI is InChI=1S/C11H23NO2S/c1-2-3-8-15-10-11(13)9-12-4-6-14-7-5-12/h11,13H,2-10H2,1H3/p+1/t11-/m0/s1. The molecule has 0 saturated carbocycles.